The van der Waals surface area contributed by atoms with Crippen molar-refractivity contribution in [3.05, 3.63) is 95.4 Å². The van der Waals surface area contributed by atoms with Gasteiger partial charge in [-0.05, 0) is 41.5 Å². The van der Waals surface area contributed by atoms with E-state index in [9.17, 15) is 14.3 Å². The highest BCUT2D eigenvalue weighted by molar-refractivity contribution is 6.32. The molecular formula is C29H26ClFN4O2. The second-order valence-electron chi connectivity index (χ2n) is 9.08. The van der Waals surface area contributed by atoms with Gasteiger partial charge in [-0.1, -0.05) is 61.5 Å². The number of halogens is 2. The van der Waals surface area contributed by atoms with Crippen LogP contribution in [-0.4, -0.2) is 52.3 Å². The highest BCUT2D eigenvalue weighted by Gasteiger charge is 2.25. The van der Waals surface area contributed by atoms with Crippen molar-refractivity contribution >= 4 is 34.1 Å². The van der Waals surface area contributed by atoms with Crippen molar-refractivity contribution < 1.29 is 14.3 Å². The number of aromatic hydroxyl groups is 1. The number of carbonyl (C=O) groups excluding carboxylic acids is 1. The molecule has 37 heavy (non-hydrogen) atoms. The number of phenols is 1. The number of amides is 1. The Morgan fingerprint density at radius 2 is 1.78 bits per heavy atom. The molecule has 0 unspecified atom stereocenters. The fraction of sp³-hybridized carbons (Fsp3) is 0.207. The van der Waals surface area contributed by atoms with E-state index in [1.165, 1.54) is 12.1 Å². The molecule has 1 amide bonds. The molecule has 1 aliphatic rings. The van der Waals surface area contributed by atoms with E-state index in [0.717, 1.165) is 27.8 Å². The van der Waals surface area contributed by atoms with E-state index in [0.29, 0.717) is 31.7 Å². The SMILES string of the molecule is C=CC(=O)N1CCN(c2nnc([C@H](C)c3ccccc3)c3cc(-c4ccc(Cl)c(O)c4F)ccc23)CC1. The molecule has 0 saturated carbocycles. The lowest BCUT2D eigenvalue weighted by Crippen LogP contribution is -2.48. The van der Waals surface area contributed by atoms with E-state index in [-0.39, 0.29) is 22.4 Å². The molecule has 4 aromatic rings. The summed E-state index contributed by atoms with van der Waals surface area (Å²) in [7, 11) is 0. The van der Waals surface area contributed by atoms with E-state index in [1.807, 2.05) is 48.5 Å². The summed E-state index contributed by atoms with van der Waals surface area (Å²) in [6.07, 6.45) is 1.33. The van der Waals surface area contributed by atoms with Crippen molar-refractivity contribution in [3.8, 4) is 16.9 Å². The van der Waals surface area contributed by atoms with Gasteiger partial charge in [0.15, 0.2) is 17.4 Å². The van der Waals surface area contributed by atoms with E-state index >= 15 is 0 Å². The largest absolute Gasteiger partial charge is 0.504 e. The molecular weight excluding hydrogens is 491 g/mol. The predicted octanol–water partition coefficient (Wildman–Crippen LogP) is 5.78. The molecule has 1 atom stereocenters. The van der Waals surface area contributed by atoms with E-state index in [4.69, 9.17) is 11.6 Å². The van der Waals surface area contributed by atoms with Crippen molar-refractivity contribution in [1.82, 2.24) is 15.1 Å². The Hall–Kier alpha value is -3.97. The first-order valence-corrected chi connectivity index (χ1v) is 12.5. The molecule has 1 saturated heterocycles. The first-order chi connectivity index (χ1) is 17.9. The number of carbonyl (C=O) groups is 1. The smallest absolute Gasteiger partial charge is 0.246 e. The van der Waals surface area contributed by atoms with Crippen LogP contribution in [0.2, 0.25) is 5.02 Å². The third-order valence-corrected chi connectivity index (χ3v) is 7.25. The zero-order valence-electron chi connectivity index (χ0n) is 20.4. The average molecular weight is 517 g/mol. The molecule has 6 nitrogen and oxygen atoms in total. The highest BCUT2D eigenvalue weighted by atomic mass is 35.5. The van der Waals surface area contributed by atoms with Gasteiger partial charge in [0, 0.05) is 48.4 Å². The molecule has 0 bridgehead atoms. The van der Waals surface area contributed by atoms with Crippen LogP contribution in [0.4, 0.5) is 10.2 Å². The number of phenolic OH excluding ortho intramolecular Hbond substituents is 1. The van der Waals surface area contributed by atoms with Gasteiger partial charge in [0.1, 0.15) is 0 Å². The van der Waals surface area contributed by atoms with Gasteiger partial charge in [-0.3, -0.25) is 4.79 Å². The molecule has 188 valence electrons. The summed E-state index contributed by atoms with van der Waals surface area (Å²) in [4.78, 5) is 15.9. The lowest BCUT2D eigenvalue weighted by Gasteiger charge is -2.35. The fourth-order valence-corrected chi connectivity index (χ4v) is 4.96. The van der Waals surface area contributed by atoms with Crippen molar-refractivity contribution in [1.29, 1.82) is 0 Å². The van der Waals surface area contributed by atoms with Crippen LogP contribution in [0.5, 0.6) is 5.75 Å². The first-order valence-electron chi connectivity index (χ1n) is 12.1. The third kappa shape index (κ3) is 4.62. The third-order valence-electron chi connectivity index (χ3n) is 6.94. The Morgan fingerprint density at radius 1 is 1.05 bits per heavy atom. The van der Waals surface area contributed by atoms with Gasteiger partial charge >= 0.3 is 0 Å². The number of piperazine rings is 1. The lowest BCUT2D eigenvalue weighted by atomic mass is 9.92. The topological polar surface area (TPSA) is 69.6 Å². The van der Waals surface area contributed by atoms with Crippen molar-refractivity contribution in [2.75, 3.05) is 31.1 Å². The molecule has 0 aliphatic carbocycles. The summed E-state index contributed by atoms with van der Waals surface area (Å²) in [6.45, 7) is 7.98. The van der Waals surface area contributed by atoms with Gasteiger partial charge in [0.25, 0.3) is 0 Å². The van der Waals surface area contributed by atoms with Crippen molar-refractivity contribution in [3.63, 3.8) is 0 Å². The molecule has 1 N–H and O–H groups in total. The van der Waals surface area contributed by atoms with Gasteiger partial charge in [-0.2, -0.15) is 5.10 Å². The molecule has 3 aromatic carbocycles. The minimum absolute atomic E-state index is 0.0392. The standard InChI is InChI=1S/C29H26ClFN4O2/c1-3-25(36)34-13-15-35(16-14-34)29-22-10-9-20(21-11-12-24(30)28(37)26(21)31)17-23(22)27(32-33-29)18(2)19-7-5-4-6-8-19/h3-12,17-18,37H,1,13-16H2,2H3/t18-/m1/s1. The van der Waals surface area contributed by atoms with Crippen LogP contribution >= 0.6 is 11.6 Å². The van der Waals surface area contributed by atoms with Crippen molar-refractivity contribution in [2.45, 2.75) is 12.8 Å². The van der Waals surface area contributed by atoms with E-state index in [2.05, 4.69) is 28.6 Å². The molecule has 8 heteroatoms. The molecule has 0 radical (unpaired) electrons. The molecule has 2 heterocycles. The number of hydrogen-bond donors (Lipinski definition) is 1. The first kappa shape index (κ1) is 24.7. The summed E-state index contributed by atoms with van der Waals surface area (Å²) in [5.41, 5.74) is 2.70. The van der Waals surface area contributed by atoms with Crippen LogP contribution in [0.15, 0.2) is 73.3 Å². The number of nitrogens with zero attached hydrogens (tertiary/aromatic N) is 4. The molecule has 1 fully saturated rings. The number of rotatable bonds is 5. The Morgan fingerprint density at radius 3 is 2.49 bits per heavy atom. The van der Waals surface area contributed by atoms with Crippen LogP contribution < -0.4 is 4.90 Å². The van der Waals surface area contributed by atoms with Crippen LogP contribution in [0, 0.1) is 5.82 Å². The van der Waals surface area contributed by atoms with Crippen LogP contribution in [0.25, 0.3) is 21.9 Å². The van der Waals surface area contributed by atoms with Crippen LogP contribution in [0.3, 0.4) is 0 Å². The fourth-order valence-electron chi connectivity index (χ4n) is 4.81. The van der Waals surface area contributed by atoms with E-state index < -0.39 is 11.6 Å². The zero-order chi connectivity index (χ0) is 26.1. The number of aromatic nitrogens is 2. The summed E-state index contributed by atoms with van der Waals surface area (Å²) in [5, 5.41) is 21.1. The maximum absolute atomic E-state index is 15.0. The minimum Gasteiger partial charge on any atom is -0.504 e. The number of benzene rings is 3. The maximum atomic E-state index is 15.0. The van der Waals surface area contributed by atoms with Gasteiger partial charge in [-0.25, -0.2) is 4.39 Å². The number of anilines is 1. The van der Waals surface area contributed by atoms with Gasteiger partial charge in [0.2, 0.25) is 5.91 Å². The Labute approximate surface area is 219 Å². The van der Waals surface area contributed by atoms with E-state index in [1.54, 1.807) is 11.0 Å². The quantitative estimate of drug-likeness (QED) is 0.340. The molecule has 5 rings (SSSR count). The normalized spacial score (nSPS) is 14.6. The van der Waals surface area contributed by atoms with Gasteiger partial charge in [0.05, 0.1) is 10.7 Å². The number of hydrogen-bond acceptors (Lipinski definition) is 5. The number of fused-ring (bicyclic) bond motifs is 1. The van der Waals surface area contributed by atoms with Gasteiger partial charge < -0.3 is 14.9 Å². The summed E-state index contributed by atoms with van der Waals surface area (Å²) in [5.74, 6) is -0.769. The second-order valence-corrected chi connectivity index (χ2v) is 9.48. The lowest BCUT2D eigenvalue weighted by molar-refractivity contribution is -0.126. The Bertz CT molecular complexity index is 1490. The average Bonchev–Trinajstić information content (AvgIpc) is 2.95. The summed E-state index contributed by atoms with van der Waals surface area (Å²) >= 11 is 5.91. The minimum atomic E-state index is -0.769. The van der Waals surface area contributed by atoms with Crippen molar-refractivity contribution in [2.24, 2.45) is 0 Å². The molecule has 1 aliphatic heterocycles. The maximum Gasteiger partial charge on any atom is 0.246 e. The van der Waals surface area contributed by atoms with Crippen LogP contribution in [-0.2, 0) is 4.79 Å². The monoisotopic (exact) mass is 516 g/mol. The highest BCUT2D eigenvalue weighted by Crippen LogP contribution is 2.38. The summed E-state index contributed by atoms with van der Waals surface area (Å²) < 4.78 is 15.0. The zero-order valence-corrected chi connectivity index (χ0v) is 21.1. The van der Waals surface area contributed by atoms with Gasteiger partial charge in [-0.15, -0.1) is 5.10 Å². The molecule has 1 aromatic heterocycles. The molecule has 0 spiro atoms. The second kappa shape index (κ2) is 10.2. The Kier molecular flexibility index (Phi) is 6.80. The predicted molar refractivity (Wildman–Crippen MR) is 145 cm³/mol. The Balaban J connectivity index is 1.62. The summed E-state index contributed by atoms with van der Waals surface area (Å²) in [6, 6.07) is 18.7. The van der Waals surface area contributed by atoms with Crippen LogP contribution in [0.1, 0.15) is 24.1 Å².